The van der Waals surface area contributed by atoms with Crippen LogP contribution in [0.4, 0.5) is 11.5 Å². The maximum Gasteiger partial charge on any atom is 0.311 e. The van der Waals surface area contributed by atoms with Crippen molar-refractivity contribution < 1.29 is 9.45 Å². The Bertz CT molecular complexity index is 960. The highest BCUT2D eigenvalue weighted by Crippen LogP contribution is 2.38. The first-order chi connectivity index (χ1) is 13.1. The second-order valence-electron chi connectivity index (χ2n) is 6.31. The first-order valence-electron chi connectivity index (χ1n) is 8.55. The Hall–Kier alpha value is -2.81. The number of aromatic nitrogens is 3. The van der Waals surface area contributed by atoms with Gasteiger partial charge in [-0.3, -0.25) is 10.1 Å². The topological polar surface area (TPSA) is 98.2 Å². The Balaban J connectivity index is 1.57. The molecule has 1 unspecified atom stereocenters. The highest BCUT2D eigenvalue weighted by atomic mass is 79.9. The zero-order chi connectivity index (χ0) is 18.8. The molecule has 0 bridgehead atoms. The molecule has 3 aromatic rings. The molecule has 27 heavy (non-hydrogen) atoms. The summed E-state index contributed by atoms with van der Waals surface area (Å²) in [5.41, 5.74) is 1.06. The number of nitrogens with zero attached hydrogens (tertiary/aromatic N) is 5. The zero-order valence-electron chi connectivity index (χ0n) is 14.3. The minimum atomic E-state index is -0.412. The van der Waals surface area contributed by atoms with Gasteiger partial charge in [0.15, 0.2) is 5.82 Å². The van der Waals surface area contributed by atoms with Crippen molar-refractivity contribution in [3.8, 4) is 0 Å². The number of hydrogen-bond donors (Lipinski definition) is 0. The predicted molar refractivity (Wildman–Crippen MR) is 101 cm³/mol. The van der Waals surface area contributed by atoms with E-state index in [1.54, 1.807) is 12.3 Å². The van der Waals surface area contributed by atoms with Gasteiger partial charge in [0.25, 0.3) is 0 Å². The lowest BCUT2D eigenvalue weighted by molar-refractivity contribution is -0.384. The Kier molecular flexibility index (Phi) is 4.85. The first kappa shape index (κ1) is 17.6. The van der Waals surface area contributed by atoms with E-state index in [1.165, 1.54) is 6.07 Å². The molecule has 0 amide bonds. The Morgan fingerprint density at radius 2 is 2.11 bits per heavy atom. The van der Waals surface area contributed by atoms with E-state index in [9.17, 15) is 10.1 Å². The number of nitro groups is 1. The van der Waals surface area contributed by atoms with E-state index in [0.29, 0.717) is 30.5 Å². The van der Waals surface area contributed by atoms with Crippen molar-refractivity contribution in [1.82, 2.24) is 15.1 Å². The van der Waals surface area contributed by atoms with Gasteiger partial charge in [0.05, 0.1) is 4.92 Å². The third-order valence-corrected chi connectivity index (χ3v) is 5.06. The summed E-state index contributed by atoms with van der Waals surface area (Å²) in [6, 6.07) is 10.8. The van der Waals surface area contributed by atoms with Gasteiger partial charge in [-0.15, -0.1) is 0 Å². The van der Waals surface area contributed by atoms with Crippen LogP contribution in [0.25, 0.3) is 0 Å². The highest BCUT2D eigenvalue weighted by Gasteiger charge is 2.35. The summed E-state index contributed by atoms with van der Waals surface area (Å²) in [6.07, 6.45) is 3.79. The molecular weight excluding hydrogens is 414 g/mol. The summed E-state index contributed by atoms with van der Waals surface area (Å²) in [5.74, 6) is 1.41. The van der Waals surface area contributed by atoms with Crippen LogP contribution in [0.3, 0.4) is 0 Å². The maximum absolute atomic E-state index is 11.3. The molecule has 1 aromatic carbocycles. The summed E-state index contributed by atoms with van der Waals surface area (Å²) in [5, 5.41) is 15.4. The van der Waals surface area contributed by atoms with Gasteiger partial charge in [-0.1, -0.05) is 33.2 Å². The number of rotatable bonds is 5. The Morgan fingerprint density at radius 3 is 2.89 bits per heavy atom. The van der Waals surface area contributed by atoms with Crippen molar-refractivity contribution in [1.29, 1.82) is 0 Å². The van der Waals surface area contributed by atoms with E-state index in [-0.39, 0.29) is 11.7 Å². The minimum absolute atomic E-state index is 0.0148. The van der Waals surface area contributed by atoms with Crippen LogP contribution >= 0.6 is 15.9 Å². The zero-order valence-corrected chi connectivity index (χ0v) is 15.9. The molecule has 0 aliphatic carbocycles. The lowest BCUT2D eigenvalue weighted by atomic mass is 10.1. The molecule has 0 spiro atoms. The number of benzene rings is 1. The summed E-state index contributed by atoms with van der Waals surface area (Å²) < 4.78 is 6.50. The molecule has 1 fully saturated rings. The van der Waals surface area contributed by atoms with Crippen LogP contribution in [0.15, 0.2) is 51.6 Å². The van der Waals surface area contributed by atoms with E-state index in [1.807, 2.05) is 29.2 Å². The number of hydrogen-bond acceptors (Lipinski definition) is 7. The monoisotopic (exact) mass is 429 g/mol. The van der Waals surface area contributed by atoms with Gasteiger partial charge in [0.2, 0.25) is 11.7 Å². The SMILES string of the molecule is O=[N+]([O-])c1cccnc1N1CCCC1c1nc(Cc2ccc(Br)cc2)no1. The molecule has 1 aliphatic heterocycles. The molecule has 0 saturated carbocycles. The summed E-state index contributed by atoms with van der Waals surface area (Å²) in [6.45, 7) is 0.660. The fourth-order valence-electron chi connectivity index (χ4n) is 3.29. The van der Waals surface area contributed by atoms with Gasteiger partial charge in [-0.2, -0.15) is 4.98 Å². The molecule has 4 rings (SSSR count). The molecule has 2 aromatic heterocycles. The van der Waals surface area contributed by atoms with Crippen LogP contribution in [0.5, 0.6) is 0 Å². The summed E-state index contributed by atoms with van der Waals surface area (Å²) >= 11 is 3.42. The minimum Gasteiger partial charge on any atom is -0.339 e. The maximum atomic E-state index is 11.3. The molecule has 8 nitrogen and oxygen atoms in total. The standard InChI is InChI=1S/C18H16BrN5O3/c19-13-7-5-12(6-8-13)11-16-21-18(27-22-16)15-4-2-10-23(15)17-14(24(25)26)3-1-9-20-17/h1,3,5-9,15H,2,4,10-11H2. The average molecular weight is 430 g/mol. The molecule has 1 saturated heterocycles. The third kappa shape index (κ3) is 3.68. The summed E-state index contributed by atoms with van der Waals surface area (Å²) in [4.78, 5) is 21.6. The fraction of sp³-hybridized carbons (Fsp3) is 0.278. The van der Waals surface area contributed by atoms with Crippen LogP contribution in [0.2, 0.25) is 0 Å². The van der Waals surface area contributed by atoms with Crippen molar-refractivity contribution in [3.63, 3.8) is 0 Å². The van der Waals surface area contributed by atoms with Crippen LogP contribution < -0.4 is 4.90 Å². The second-order valence-corrected chi connectivity index (χ2v) is 7.22. The number of halogens is 1. The molecule has 3 heterocycles. The van der Waals surface area contributed by atoms with E-state index < -0.39 is 4.92 Å². The van der Waals surface area contributed by atoms with Gasteiger partial charge in [0.1, 0.15) is 6.04 Å². The van der Waals surface area contributed by atoms with E-state index in [0.717, 1.165) is 22.9 Å². The average Bonchev–Trinajstić information content (AvgIpc) is 3.32. The van der Waals surface area contributed by atoms with Crippen molar-refractivity contribution in [2.75, 3.05) is 11.4 Å². The molecule has 1 aliphatic rings. The number of pyridine rings is 1. The van der Waals surface area contributed by atoms with Crippen LogP contribution in [0, 0.1) is 10.1 Å². The van der Waals surface area contributed by atoms with Gasteiger partial charge in [-0.05, 0) is 36.6 Å². The van der Waals surface area contributed by atoms with E-state index >= 15 is 0 Å². The molecule has 138 valence electrons. The quantitative estimate of drug-likeness (QED) is 0.445. The predicted octanol–water partition coefficient (Wildman–Crippen LogP) is 4.07. The van der Waals surface area contributed by atoms with Crippen molar-refractivity contribution in [2.24, 2.45) is 0 Å². The van der Waals surface area contributed by atoms with Gasteiger partial charge in [-0.25, -0.2) is 4.98 Å². The van der Waals surface area contributed by atoms with Gasteiger partial charge >= 0.3 is 5.69 Å². The molecular formula is C18H16BrN5O3. The first-order valence-corrected chi connectivity index (χ1v) is 9.34. The van der Waals surface area contributed by atoms with Gasteiger partial charge < -0.3 is 9.42 Å². The van der Waals surface area contributed by atoms with Crippen LogP contribution in [-0.4, -0.2) is 26.6 Å². The Labute approximate surface area is 163 Å². The van der Waals surface area contributed by atoms with E-state index in [4.69, 9.17) is 4.52 Å². The third-order valence-electron chi connectivity index (χ3n) is 4.53. The normalized spacial score (nSPS) is 16.6. The second kappa shape index (κ2) is 7.43. The summed E-state index contributed by atoms with van der Waals surface area (Å²) in [7, 11) is 0. The molecule has 9 heteroatoms. The van der Waals surface area contributed by atoms with Crippen molar-refractivity contribution in [2.45, 2.75) is 25.3 Å². The fourth-order valence-corrected chi connectivity index (χ4v) is 3.55. The van der Waals surface area contributed by atoms with Gasteiger partial charge in [0, 0.05) is 29.7 Å². The highest BCUT2D eigenvalue weighted by molar-refractivity contribution is 9.10. The molecule has 0 N–H and O–H groups in total. The van der Waals surface area contributed by atoms with Crippen LogP contribution in [0.1, 0.15) is 36.2 Å². The lowest BCUT2D eigenvalue weighted by Crippen LogP contribution is -2.24. The number of anilines is 1. The Morgan fingerprint density at radius 1 is 1.30 bits per heavy atom. The lowest BCUT2D eigenvalue weighted by Gasteiger charge is -2.22. The van der Waals surface area contributed by atoms with E-state index in [2.05, 4.69) is 31.1 Å². The largest absolute Gasteiger partial charge is 0.339 e. The van der Waals surface area contributed by atoms with Crippen molar-refractivity contribution >= 4 is 27.4 Å². The van der Waals surface area contributed by atoms with Crippen molar-refractivity contribution in [3.05, 3.63) is 74.5 Å². The molecule has 0 radical (unpaired) electrons. The smallest absolute Gasteiger partial charge is 0.311 e. The molecule has 1 atom stereocenters. The van der Waals surface area contributed by atoms with Crippen LogP contribution in [-0.2, 0) is 6.42 Å².